The van der Waals surface area contributed by atoms with Gasteiger partial charge in [-0.25, -0.2) is 4.68 Å². The molecule has 1 saturated heterocycles. The van der Waals surface area contributed by atoms with Gasteiger partial charge in [0.2, 0.25) is 0 Å². The predicted molar refractivity (Wildman–Crippen MR) is 89.9 cm³/mol. The van der Waals surface area contributed by atoms with Crippen molar-refractivity contribution < 1.29 is 9.53 Å². The monoisotopic (exact) mass is 349 g/mol. The summed E-state index contributed by atoms with van der Waals surface area (Å²) >= 11 is 5.99. The number of carbonyl (C=O) groups is 1. The molecule has 1 aliphatic rings. The third-order valence-corrected chi connectivity index (χ3v) is 4.38. The molecule has 1 aliphatic heterocycles. The number of nitrogens with zero attached hydrogens (tertiary/aromatic N) is 4. The number of carbonyl (C=O) groups excluding carboxylic acids is 1. The molecular formula is C16H20ClN5O2. The highest BCUT2D eigenvalue weighted by Gasteiger charge is 2.30. The molecule has 1 amide bonds. The van der Waals surface area contributed by atoms with Crippen LogP contribution in [0.15, 0.2) is 30.5 Å². The summed E-state index contributed by atoms with van der Waals surface area (Å²) in [6.45, 7) is 2.25. The lowest BCUT2D eigenvalue weighted by molar-refractivity contribution is -0.0381. The maximum atomic E-state index is 12.6. The Hall–Kier alpha value is -1.96. The van der Waals surface area contributed by atoms with E-state index in [1.165, 1.54) is 10.9 Å². The second-order valence-electron chi connectivity index (χ2n) is 5.92. The number of amides is 1. The van der Waals surface area contributed by atoms with E-state index in [2.05, 4.69) is 20.5 Å². The molecule has 7 nitrogen and oxygen atoms in total. The van der Waals surface area contributed by atoms with Crippen LogP contribution >= 0.6 is 11.6 Å². The molecule has 2 aromatic rings. The molecule has 24 heavy (non-hydrogen) atoms. The van der Waals surface area contributed by atoms with Gasteiger partial charge in [-0.1, -0.05) is 28.9 Å². The van der Waals surface area contributed by atoms with Crippen LogP contribution in [0.2, 0.25) is 5.02 Å². The maximum Gasteiger partial charge on any atom is 0.271 e. The minimum Gasteiger partial charge on any atom is -0.373 e. The third kappa shape index (κ3) is 3.75. The van der Waals surface area contributed by atoms with Crippen molar-refractivity contribution in [3.63, 3.8) is 0 Å². The van der Waals surface area contributed by atoms with Gasteiger partial charge in [0, 0.05) is 25.2 Å². The van der Waals surface area contributed by atoms with Crippen LogP contribution in [0.3, 0.4) is 0 Å². The minimum absolute atomic E-state index is 0.143. The fourth-order valence-corrected chi connectivity index (χ4v) is 2.91. The molecule has 0 radical (unpaired) electrons. The van der Waals surface area contributed by atoms with Crippen LogP contribution in [0, 0.1) is 0 Å². The number of aromatic nitrogens is 3. The second-order valence-corrected chi connectivity index (χ2v) is 6.35. The minimum atomic E-state index is -0.285. The van der Waals surface area contributed by atoms with Gasteiger partial charge in [-0.05, 0) is 24.7 Å². The topological polar surface area (TPSA) is 72.3 Å². The van der Waals surface area contributed by atoms with E-state index in [1.807, 2.05) is 31.3 Å². The van der Waals surface area contributed by atoms with Gasteiger partial charge in [0.15, 0.2) is 0 Å². The zero-order valence-electron chi connectivity index (χ0n) is 13.6. The second kappa shape index (κ2) is 7.29. The molecular weight excluding hydrogens is 330 g/mol. The van der Waals surface area contributed by atoms with Crippen molar-refractivity contribution in [1.29, 1.82) is 0 Å². The number of likely N-dealkylation sites (N-methyl/N-ethyl adjacent to an activating group) is 1. The molecule has 0 saturated carbocycles. The van der Waals surface area contributed by atoms with Crippen molar-refractivity contribution in [2.75, 3.05) is 26.7 Å². The molecule has 2 atom stereocenters. The first-order chi connectivity index (χ1) is 11.5. The number of hydrogen-bond donors (Lipinski definition) is 1. The fraction of sp³-hybridized carbons (Fsp3) is 0.438. The molecule has 1 N–H and O–H groups in total. The van der Waals surface area contributed by atoms with Crippen LogP contribution < -0.4 is 5.32 Å². The molecule has 1 fully saturated rings. The van der Waals surface area contributed by atoms with Crippen molar-refractivity contribution >= 4 is 17.5 Å². The largest absolute Gasteiger partial charge is 0.373 e. The molecule has 8 heteroatoms. The van der Waals surface area contributed by atoms with Gasteiger partial charge in [0.1, 0.15) is 5.69 Å². The molecule has 3 rings (SSSR count). The van der Waals surface area contributed by atoms with Gasteiger partial charge in [0.25, 0.3) is 5.91 Å². The molecule has 0 bridgehead atoms. The van der Waals surface area contributed by atoms with Crippen molar-refractivity contribution in [1.82, 2.24) is 25.2 Å². The summed E-state index contributed by atoms with van der Waals surface area (Å²) in [5.74, 6) is -0.237. The Morgan fingerprint density at radius 2 is 2.12 bits per heavy atom. The number of aryl methyl sites for hydroxylation is 1. The van der Waals surface area contributed by atoms with Gasteiger partial charge < -0.3 is 15.0 Å². The van der Waals surface area contributed by atoms with Crippen LogP contribution in [0.25, 0.3) is 0 Å². The summed E-state index contributed by atoms with van der Waals surface area (Å²) in [7, 11) is 3.73. The Morgan fingerprint density at radius 1 is 1.38 bits per heavy atom. The van der Waals surface area contributed by atoms with Crippen LogP contribution in [0.1, 0.15) is 22.1 Å². The highest BCUT2D eigenvalue weighted by atomic mass is 35.5. The lowest BCUT2D eigenvalue weighted by Gasteiger charge is -2.35. The summed E-state index contributed by atoms with van der Waals surface area (Å²) in [6.07, 6.45) is 1.30. The van der Waals surface area contributed by atoms with E-state index in [0.29, 0.717) is 17.3 Å². The average Bonchev–Trinajstić information content (AvgIpc) is 2.99. The highest BCUT2D eigenvalue weighted by molar-refractivity contribution is 6.30. The SMILES string of the molecule is CN1CCO[C@H]([C@@H](NC(=O)c2cnnn2C)c2ccc(Cl)cc2)C1. The van der Waals surface area contributed by atoms with E-state index in [4.69, 9.17) is 16.3 Å². The first-order valence-electron chi connectivity index (χ1n) is 7.76. The molecule has 0 spiro atoms. The number of morpholine rings is 1. The van der Waals surface area contributed by atoms with E-state index in [-0.39, 0.29) is 18.1 Å². The average molecular weight is 350 g/mol. The zero-order chi connectivity index (χ0) is 17.1. The van der Waals surface area contributed by atoms with Crippen LogP contribution in [-0.4, -0.2) is 58.6 Å². The number of nitrogens with one attached hydrogen (secondary N) is 1. The molecule has 0 aliphatic carbocycles. The molecule has 2 heterocycles. The van der Waals surface area contributed by atoms with E-state index in [0.717, 1.165) is 18.7 Å². The van der Waals surface area contributed by atoms with Crippen LogP contribution in [0.5, 0.6) is 0 Å². The summed E-state index contributed by atoms with van der Waals surface area (Å²) in [5.41, 5.74) is 1.35. The zero-order valence-corrected chi connectivity index (χ0v) is 14.4. The number of benzene rings is 1. The molecule has 128 valence electrons. The number of hydrogen-bond acceptors (Lipinski definition) is 5. The van der Waals surface area contributed by atoms with E-state index in [1.54, 1.807) is 7.05 Å². The summed E-state index contributed by atoms with van der Waals surface area (Å²) < 4.78 is 7.36. The standard InChI is InChI=1S/C16H20ClN5O2/c1-21-7-8-24-14(10-21)15(11-3-5-12(17)6-4-11)19-16(23)13-9-18-20-22(13)2/h3-6,9,14-15H,7-8,10H2,1-2H3,(H,19,23)/t14-,15-/m0/s1. The quantitative estimate of drug-likeness (QED) is 0.900. The van der Waals surface area contributed by atoms with E-state index < -0.39 is 0 Å². The van der Waals surface area contributed by atoms with Crippen LogP contribution in [-0.2, 0) is 11.8 Å². The summed E-state index contributed by atoms with van der Waals surface area (Å²) in [4.78, 5) is 14.8. The van der Waals surface area contributed by atoms with Gasteiger partial charge in [-0.2, -0.15) is 0 Å². The summed E-state index contributed by atoms with van der Waals surface area (Å²) in [5, 5.41) is 11.3. The lowest BCUT2D eigenvalue weighted by atomic mass is 9.99. The van der Waals surface area contributed by atoms with Crippen molar-refractivity contribution in [3.05, 3.63) is 46.7 Å². The Labute approximate surface area is 145 Å². The van der Waals surface area contributed by atoms with Crippen LogP contribution in [0.4, 0.5) is 0 Å². The summed E-state index contributed by atoms with van der Waals surface area (Å²) in [6, 6.07) is 7.16. The first-order valence-corrected chi connectivity index (χ1v) is 8.13. The normalized spacial score (nSPS) is 19.9. The number of ether oxygens (including phenoxy) is 1. The molecule has 0 unspecified atom stereocenters. The van der Waals surface area contributed by atoms with Gasteiger partial charge in [-0.3, -0.25) is 4.79 Å². The first kappa shape index (κ1) is 16.9. The highest BCUT2D eigenvalue weighted by Crippen LogP contribution is 2.24. The van der Waals surface area contributed by atoms with Gasteiger partial charge >= 0.3 is 0 Å². The van der Waals surface area contributed by atoms with Gasteiger partial charge in [0.05, 0.1) is 24.9 Å². The molecule has 1 aromatic carbocycles. The Kier molecular flexibility index (Phi) is 5.13. The third-order valence-electron chi connectivity index (χ3n) is 4.13. The van der Waals surface area contributed by atoms with Crippen molar-refractivity contribution in [3.8, 4) is 0 Å². The van der Waals surface area contributed by atoms with Gasteiger partial charge in [-0.15, -0.1) is 5.10 Å². The number of rotatable bonds is 4. The predicted octanol–water partition coefficient (Wildman–Crippen LogP) is 1.27. The smallest absolute Gasteiger partial charge is 0.271 e. The maximum absolute atomic E-state index is 12.6. The number of halogens is 1. The van der Waals surface area contributed by atoms with E-state index >= 15 is 0 Å². The molecule has 1 aromatic heterocycles. The Bertz CT molecular complexity index is 703. The van der Waals surface area contributed by atoms with Crippen molar-refractivity contribution in [2.45, 2.75) is 12.1 Å². The Balaban J connectivity index is 1.85. The lowest BCUT2D eigenvalue weighted by Crippen LogP contribution is -2.48. The Morgan fingerprint density at radius 3 is 2.75 bits per heavy atom. The van der Waals surface area contributed by atoms with Crippen molar-refractivity contribution in [2.24, 2.45) is 7.05 Å². The fourth-order valence-electron chi connectivity index (χ4n) is 2.78. The van der Waals surface area contributed by atoms with E-state index in [9.17, 15) is 4.79 Å².